The number of rotatable bonds is 4. The molecule has 0 radical (unpaired) electrons. The van der Waals surface area contributed by atoms with Crippen molar-refractivity contribution in [3.8, 4) is 0 Å². The number of hydrogen-bond donors (Lipinski definition) is 1. The van der Waals surface area contributed by atoms with E-state index in [1.807, 2.05) is 6.08 Å². The van der Waals surface area contributed by atoms with Crippen molar-refractivity contribution in [3.05, 3.63) is 11.6 Å². The lowest BCUT2D eigenvalue weighted by Crippen LogP contribution is -2.54. The third kappa shape index (κ3) is 3.76. The number of hydrogen-bond acceptors (Lipinski definition) is 3. The molecule has 2 unspecified atom stereocenters. The van der Waals surface area contributed by atoms with Crippen molar-refractivity contribution >= 4 is 5.78 Å². The minimum absolute atomic E-state index is 0.116. The Kier molecular flexibility index (Phi) is 5.56. The Morgan fingerprint density at radius 2 is 1.86 bits per heavy atom. The van der Waals surface area contributed by atoms with Crippen molar-refractivity contribution < 1.29 is 14.6 Å². The summed E-state index contributed by atoms with van der Waals surface area (Å²) in [4.78, 5) is 13.3. The lowest BCUT2D eigenvalue weighted by molar-refractivity contribution is -0.138. The number of allylic oxidation sites excluding steroid dienone is 1. The van der Waals surface area contributed by atoms with Crippen LogP contribution in [0.3, 0.4) is 0 Å². The molecule has 0 amide bonds. The molecular formula is C26H42O3. The molecule has 0 bridgehead atoms. The molecule has 0 aliphatic heterocycles. The molecule has 3 nitrogen and oxygen atoms in total. The van der Waals surface area contributed by atoms with Gasteiger partial charge in [-0.25, -0.2) is 0 Å². The summed E-state index contributed by atoms with van der Waals surface area (Å²) < 4.78 is 6.47. The highest BCUT2D eigenvalue weighted by Gasteiger charge is 2.61. The smallest absolute Gasteiger partial charge is 0.159 e. The summed E-state index contributed by atoms with van der Waals surface area (Å²) in [5.41, 5.74) is 1.86. The SMILES string of the molecule is CC(C)(C)CCCOC1CC[C@H]2[C@@H]3C(=O)C=C4CC(O)CC[C@]4(C)[C@@H]3CC[C@]12C. The van der Waals surface area contributed by atoms with E-state index >= 15 is 0 Å². The Hall–Kier alpha value is -0.670. The summed E-state index contributed by atoms with van der Waals surface area (Å²) >= 11 is 0. The number of carbonyl (C=O) groups excluding carboxylic acids is 1. The zero-order valence-electron chi connectivity index (χ0n) is 19.3. The van der Waals surface area contributed by atoms with Gasteiger partial charge in [0, 0.05) is 12.5 Å². The van der Waals surface area contributed by atoms with E-state index in [9.17, 15) is 9.90 Å². The van der Waals surface area contributed by atoms with Gasteiger partial charge in [0.05, 0.1) is 12.2 Å². The molecule has 0 heterocycles. The highest BCUT2D eigenvalue weighted by molar-refractivity contribution is 5.94. The average Bonchev–Trinajstić information content (AvgIpc) is 2.96. The fourth-order valence-corrected chi connectivity index (χ4v) is 7.44. The van der Waals surface area contributed by atoms with E-state index in [1.54, 1.807) is 0 Å². The molecule has 1 N–H and O–H groups in total. The lowest BCUT2D eigenvalue weighted by Gasteiger charge is -2.56. The first kappa shape index (κ1) is 21.6. The minimum Gasteiger partial charge on any atom is -0.393 e. The van der Waals surface area contributed by atoms with Crippen molar-refractivity contribution in [2.45, 2.75) is 105 Å². The number of carbonyl (C=O) groups is 1. The Bertz CT molecular complexity index is 674. The molecule has 0 aromatic heterocycles. The molecule has 4 rings (SSSR count). The second-order valence-electron chi connectivity index (χ2n) is 12.3. The lowest BCUT2D eigenvalue weighted by atomic mass is 9.47. The summed E-state index contributed by atoms with van der Waals surface area (Å²) in [7, 11) is 0. The van der Waals surface area contributed by atoms with Gasteiger partial charge in [0.1, 0.15) is 0 Å². The Morgan fingerprint density at radius 3 is 2.59 bits per heavy atom. The van der Waals surface area contributed by atoms with Gasteiger partial charge in [0.25, 0.3) is 0 Å². The summed E-state index contributed by atoms with van der Waals surface area (Å²) in [6.45, 7) is 12.5. The van der Waals surface area contributed by atoms with E-state index < -0.39 is 0 Å². The molecule has 164 valence electrons. The van der Waals surface area contributed by atoms with Crippen LogP contribution in [0, 0.1) is 34.0 Å². The maximum Gasteiger partial charge on any atom is 0.159 e. The number of aliphatic hydroxyl groups is 1. The van der Waals surface area contributed by atoms with Gasteiger partial charge in [-0.05, 0) is 91.9 Å². The van der Waals surface area contributed by atoms with Gasteiger partial charge in [-0.3, -0.25) is 4.79 Å². The van der Waals surface area contributed by atoms with Gasteiger partial charge in [-0.1, -0.05) is 40.2 Å². The maximum absolute atomic E-state index is 13.3. The standard InChI is InChI=1S/C26H42O3/c1-24(2,3)11-6-14-29-22-8-7-19-23-20(10-13-26(19,22)5)25(4)12-9-18(27)15-17(25)16-21(23)28/h16,18-20,22-23,27H,6-15H2,1-5H3/t18?,19-,20+,22?,23-,25-,26-/m0/s1. The first-order valence-corrected chi connectivity index (χ1v) is 12.1. The summed E-state index contributed by atoms with van der Waals surface area (Å²) in [5.74, 6) is 1.44. The molecule has 0 aromatic rings. The van der Waals surface area contributed by atoms with Crippen LogP contribution in [0.4, 0.5) is 0 Å². The van der Waals surface area contributed by atoms with Gasteiger partial charge in [0.15, 0.2) is 5.78 Å². The van der Waals surface area contributed by atoms with Crippen LogP contribution in [-0.4, -0.2) is 29.7 Å². The van der Waals surface area contributed by atoms with Crippen LogP contribution in [0.25, 0.3) is 0 Å². The zero-order valence-corrected chi connectivity index (χ0v) is 19.3. The van der Waals surface area contributed by atoms with E-state index in [0.717, 1.165) is 45.1 Å². The molecule has 3 fully saturated rings. The number of ketones is 1. The van der Waals surface area contributed by atoms with Gasteiger partial charge < -0.3 is 9.84 Å². The molecule has 0 spiro atoms. The second kappa shape index (κ2) is 7.48. The van der Waals surface area contributed by atoms with Crippen LogP contribution < -0.4 is 0 Å². The van der Waals surface area contributed by atoms with E-state index in [2.05, 4.69) is 34.6 Å². The van der Waals surface area contributed by atoms with Crippen LogP contribution in [0.2, 0.25) is 0 Å². The van der Waals surface area contributed by atoms with Crippen LogP contribution in [0.5, 0.6) is 0 Å². The van der Waals surface area contributed by atoms with E-state index in [1.165, 1.54) is 18.4 Å². The van der Waals surface area contributed by atoms with E-state index in [-0.39, 0.29) is 22.9 Å². The Balaban J connectivity index is 1.49. The predicted octanol–water partition coefficient (Wildman–Crippen LogP) is 5.70. The number of fused-ring (bicyclic) bond motifs is 5. The van der Waals surface area contributed by atoms with E-state index in [4.69, 9.17) is 4.74 Å². The highest BCUT2D eigenvalue weighted by Crippen LogP contribution is 2.64. The first-order valence-electron chi connectivity index (χ1n) is 12.1. The molecule has 3 heteroatoms. The van der Waals surface area contributed by atoms with Crippen molar-refractivity contribution in [1.29, 1.82) is 0 Å². The second-order valence-corrected chi connectivity index (χ2v) is 12.3. The fourth-order valence-electron chi connectivity index (χ4n) is 7.44. The van der Waals surface area contributed by atoms with Crippen LogP contribution in [-0.2, 0) is 9.53 Å². The fraction of sp³-hybridized carbons (Fsp3) is 0.885. The maximum atomic E-state index is 13.3. The van der Waals surface area contributed by atoms with Crippen molar-refractivity contribution in [2.75, 3.05) is 6.61 Å². The molecule has 0 aromatic carbocycles. The predicted molar refractivity (Wildman–Crippen MR) is 117 cm³/mol. The van der Waals surface area contributed by atoms with Crippen LogP contribution >= 0.6 is 0 Å². The molecule has 7 atom stereocenters. The van der Waals surface area contributed by atoms with Gasteiger partial charge in [-0.15, -0.1) is 0 Å². The third-order valence-corrected chi connectivity index (χ3v) is 9.22. The van der Waals surface area contributed by atoms with Crippen molar-refractivity contribution in [2.24, 2.45) is 34.0 Å². The normalized spacial score (nSPS) is 44.7. The van der Waals surface area contributed by atoms with Crippen molar-refractivity contribution in [3.63, 3.8) is 0 Å². The molecule has 4 aliphatic carbocycles. The van der Waals surface area contributed by atoms with Crippen LogP contribution in [0.1, 0.15) is 92.4 Å². The largest absolute Gasteiger partial charge is 0.393 e. The monoisotopic (exact) mass is 402 g/mol. The Labute approximate surface area is 177 Å². The van der Waals surface area contributed by atoms with Crippen LogP contribution in [0.15, 0.2) is 11.6 Å². The van der Waals surface area contributed by atoms with E-state index in [0.29, 0.717) is 35.6 Å². The van der Waals surface area contributed by atoms with Crippen molar-refractivity contribution in [1.82, 2.24) is 0 Å². The quantitative estimate of drug-likeness (QED) is 0.614. The average molecular weight is 403 g/mol. The topological polar surface area (TPSA) is 46.5 Å². The summed E-state index contributed by atoms with van der Waals surface area (Å²) in [6.07, 6.45) is 11.5. The number of ether oxygens (including phenoxy) is 1. The summed E-state index contributed by atoms with van der Waals surface area (Å²) in [5, 5.41) is 10.2. The van der Waals surface area contributed by atoms with Gasteiger partial charge >= 0.3 is 0 Å². The molecule has 4 aliphatic rings. The summed E-state index contributed by atoms with van der Waals surface area (Å²) in [6, 6.07) is 0. The minimum atomic E-state index is -0.259. The third-order valence-electron chi connectivity index (χ3n) is 9.22. The van der Waals surface area contributed by atoms with Gasteiger partial charge in [-0.2, -0.15) is 0 Å². The number of aliphatic hydroxyl groups excluding tert-OH is 1. The van der Waals surface area contributed by atoms with Gasteiger partial charge in [0.2, 0.25) is 0 Å². The zero-order chi connectivity index (χ0) is 21.0. The molecule has 3 saturated carbocycles. The Morgan fingerprint density at radius 1 is 1.10 bits per heavy atom. The highest BCUT2D eigenvalue weighted by atomic mass is 16.5. The molecular weight excluding hydrogens is 360 g/mol. The first-order chi connectivity index (χ1) is 13.5. The molecule has 29 heavy (non-hydrogen) atoms. The molecule has 0 saturated heterocycles.